The van der Waals surface area contributed by atoms with Crippen molar-refractivity contribution in [3.05, 3.63) is 65.4 Å². The van der Waals surface area contributed by atoms with Gasteiger partial charge in [0, 0.05) is 5.56 Å². The van der Waals surface area contributed by atoms with E-state index in [9.17, 15) is 15.0 Å². The number of aromatic nitrogens is 2. The lowest BCUT2D eigenvalue weighted by atomic mass is 10.1. The number of nitrogens with zero attached hydrogens (tertiary/aromatic N) is 2. The van der Waals surface area contributed by atoms with Gasteiger partial charge in [0.15, 0.2) is 11.5 Å². The molecule has 0 spiro atoms. The molecule has 4 N–H and O–H groups in total. The Kier molecular flexibility index (Phi) is 4.47. The second-order valence-electron chi connectivity index (χ2n) is 5.48. The summed E-state index contributed by atoms with van der Waals surface area (Å²) in [6, 6.07) is 13.7. The van der Waals surface area contributed by atoms with Crippen LogP contribution < -0.4 is 5.43 Å². The molecule has 0 saturated carbocycles. The third-order valence-electron chi connectivity index (χ3n) is 3.55. The summed E-state index contributed by atoms with van der Waals surface area (Å²) in [4.78, 5) is 12.1. The van der Waals surface area contributed by atoms with Gasteiger partial charge in [-0.25, -0.2) is 5.43 Å². The van der Waals surface area contributed by atoms with Gasteiger partial charge < -0.3 is 10.2 Å². The largest absolute Gasteiger partial charge is 0.504 e. The minimum Gasteiger partial charge on any atom is -0.504 e. The number of nitrogens with one attached hydrogen (secondary N) is 2. The topological polar surface area (TPSA) is 111 Å². The highest BCUT2D eigenvalue weighted by Gasteiger charge is 2.10. The Morgan fingerprint density at radius 1 is 1.12 bits per heavy atom. The van der Waals surface area contributed by atoms with Crippen LogP contribution >= 0.6 is 0 Å². The van der Waals surface area contributed by atoms with Gasteiger partial charge in [-0.1, -0.05) is 29.8 Å². The van der Waals surface area contributed by atoms with Gasteiger partial charge >= 0.3 is 0 Å². The Balaban J connectivity index is 1.66. The van der Waals surface area contributed by atoms with E-state index in [1.54, 1.807) is 12.1 Å². The molecule has 2 aromatic carbocycles. The highest BCUT2D eigenvalue weighted by Crippen LogP contribution is 2.24. The van der Waals surface area contributed by atoms with Crippen molar-refractivity contribution >= 4 is 12.1 Å². The summed E-state index contributed by atoms with van der Waals surface area (Å²) in [5.41, 5.74) is 5.89. The maximum absolute atomic E-state index is 12.1. The van der Waals surface area contributed by atoms with Crippen molar-refractivity contribution in [2.24, 2.45) is 5.10 Å². The fourth-order valence-corrected chi connectivity index (χ4v) is 2.16. The lowest BCUT2D eigenvalue weighted by Crippen LogP contribution is -2.17. The quantitative estimate of drug-likeness (QED) is 0.333. The van der Waals surface area contributed by atoms with Gasteiger partial charge in [0.05, 0.1) is 11.9 Å². The van der Waals surface area contributed by atoms with Crippen molar-refractivity contribution in [3.63, 3.8) is 0 Å². The van der Waals surface area contributed by atoms with Gasteiger partial charge in [0.2, 0.25) is 0 Å². The van der Waals surface area contributed by atoms with Gasteiger partial charge in [-0.3, -0.25) is 9.89 Å². The molecule has 1 aromatic heterocycles. The molecule has 3 aromatic rings. The summed E-state index contributed by atoms with van der Waals surface area (Å²) >= 11 is 0. The summed E-state index contributed by atoms with van der Waals surface area (Å²) in [6.45, 7) is 2.00. The first kappa shape index (κ1) is 16.3. The van der Waals surface area contributed by atoms with E-state index in [1.807, 2.05) is 31.2 Å². The highest BCUT2D eigenvalue weighted by molar-refractivity contribution is 5.94. The number of amides is 1. The van der Waals surface area contributed by atoms with Gasteiger partial charge in [-0.15, -0.1) is 0 Å². The number of rotatable bonds is 4. The van der Waals surface area contributed by atoms with Crippen LogP contribution in [0.1, 0.15) is 21.6 Å². The Bertz CT molecular complexity index is 930. The van der Waals surface area contributed by atoms with Crippen molar-refractivity contribution in [2.75, 3.05) is 0 Å². The molecule has 1 amide bonds. The standard InChI is InChI=1S/C18H16N4O3/c1-11-2-5-13(6-3-11)14-9-15(21-20-14)18(25)22-19-10-12-4-7-16(23)17(24)8-12/h2-10,23-24H,1H3,(H,20,21)(H,22,25). The number of carbonyl (C=O) groups excluding carboxylic acids is 1. The zero-order valence-corrected chi connectivity index (χ0v) is 13.4. The number of hydrogen-bond donors (Lipinski definition) is 4. The van der Waals surface area contributed by atoms with E-state index in [0.29, 0.717) is 11.3 Å². The van der Waals surface area contributed by atoms with Gasteiger partial charge in [0.1, 0.15) is 5.69 Å². The number of aromatic amines is 1. The van der Waals surface area contributed by atoms with Crippen LogP contribution in [0.2, 0.25) is 0 Å². The molecule has 25 heavy (non-hydrogen) atoms. The molecule has 1 heterocycles. The molecule has 0 saturated heterocycles. The monoisotopic (exact) mass is 336 g/mol. The van der Waals surface area contributed by atoms with E-state index in [-0.39, 0.29) is 17.2 Å². The van der Waals surface area contributed by atoms with Crippen molar-refractivity contribution in [1.82, 2.24) is 15.6 Å². The smallest absolute Gasteiger partial charge is 0.289 e. The number of hydrogen-bond acceptors (Lipinski definition) is 5. The zero-order chi connectivity index (χ0) is 17.8. The lowest BCUT2D eigenvalue weighted by molar-refractivity contribution is 0.0950. The Morgan fingerprint density at radius 3 is 2.60 bits per heavy atom. The minimum absolute atomic E-state index is 0.220. The van der Waals surface area contributed by atoms with Crippen LogP contribution in [0, 0.1) is 6.92 Å². The van der Waals surface area contributed by atoms with Crippen LogP contribution in [0.25, 0.3) is 11.3 Å². The SMILES string of the molecule is Cc1ccc(-c2cc(C(=O)NN=Cc3ccc(O)c(O)c3)[nH]n2)cc1. The van der Waals surface area contributed by atoms with Gasteiger partial charge in [0.25, 0.3) is 5.91 Å². The van der Waals surface area contributed by atoms with Gasteiger partial charge in [-0.05, 0) is 36.8 Å². The van der Waals surface area contributed by atoms with E-state index in [0.717, 1.165) is 11.1 Å². The van der Waals surface area contributed by atoms with Crippen molar-refractivity contribution < 1.29 is 15.0 Å². The van der Waals surface area contributed by atoms with Gasteiger partial charge in [-0.2, -0.15) is 10.2 Å². The lowest BCUT2D eigenvalue weighted by Gasteiger charge is -1.99. The first-order valence-electron chi connectivity index (χ1n) is 7.51. The van der Waals surface area contributed by atoms with E-state index in [1.165, 1.54) is 18.3 Å². The first-order chi connectivity index (χ1) is 12.0. The molecule has 7 heteroatoms. The number of aryl methyl sites for hydroxylation is 1. The molecule has 0 radical (unpaired) electrons. The molecular formula is C18H16N4O3. The van der Waals surface area contributed by atoms with E-state index < -0.39 is 5.91 Å². The third kappa shape index (κ3) is 3.84. The molecule has 0 unspecified atom stereocenters. The second-order valence-corrected chi connectivity index (χ2v) is 5.48. The Hall–Kier alpha value is -3.61. The summed E-state index contributed by atoms with van der Waals surface area (Å²) in [5.74, 6) is -0.918. The van der Waals surface area contributed by atoms with E-state index in [4.69, 9.17) is 0 Å². The first-order valence-corrected chi connectivity index (χ1v) is 7.51. The summed E-state index contributed by atoms with van der Waals surface area (Å²) < 4.78 is 0. The molecule has 0 bridgehead atoms. The maximum atomic E-state index is 12.1. The third-order valence-corrected chi connectivity index (χ3v) is 3.55. The van der Waals surface area contributed by atoms with E-state index in [2.05, 4.69) is 20.7 Å². The molecular weight excluding hydrogens is 320 g/mol. The van der Waals surface area contributed by atoms with Crippen LogP contribution in [0.4, 0.5) is 0 Å². The van der Waals surface area contributed by atoms with Crippen LogP contribution in [-0.2, 0) is 0 Å². The average molecular weight is 336 g/mol. The highest BCUT2D eigenvalue weighted by atomic mass is 16.3. The molecule has 126 valence electrons. The van der Waals surface area contributed by atoms with Crippen molar-refractivity contribution in [2.45, 2.75) is 6.92 Å². The van der Waals surface area contributed by atoms with Crippen molar-refractivity contribution in [3.8, 4) is 22.8 Å². The fourth-order valence-electron chi connectivity index (χ4n) is 2.16. The normalized spacial score (nSPS) is 10.9. The number of aromatic hydroxyl groups is 2. The van der Waals surface area contributed by atoms with Crippen molar-refractivity contribution in [1.29, 1.82) is 0 Å². The number of carbonyl (C=O) groups is 1. The predicted molar refractivity (Wildman–Crippen MR) is 93.6 cm³/mol. The Labute approximate surface area is 143 Å². The summed E-state index contributed by atoms with van der Waals surface area (Å²) in [5, 5.41) is 29.3. The molecule has 0 atom stereocenters. The summed E-state index contributed by atoms with van der Waals surface area (Å²) in [6.07, 6.45) is 1.36. The van der Waals surface area contributed by atoms with Crippen LogP contribution in [0.5, 0.6) is 11.5 Å². The zero-order valence-electron chi connectivity index (χ0n) is 13.4. The molecule has 7 nitrogen and oxygen atoms in total. The van der Waals surface area contributed by atoms with Crippen LogP contribution in [0.3, 0.4) is 0 Å². The molecule has 3 rings (SSSR count). The molecule has 0 aliphatic heterocycles. The number of benzene rings is 2. The second kappa shape index (κ2) is 6.88. The predicted octanol–water partition coefficient (Wildman–Crippen LogP) is 2.56. The Morgan fingerprint density at radius 2 is 1.88 bits per heavy atom. The number of phenols is 2. The maximum Gasteiger partial charge on any atom is 0.289 e. The average Bonchev–Trinajstić information content (AvgIpc) is 3.09. The fraction of sp³-hybridized carbons (Fsp3) is 0.0556. The number of H-pyrrole nitrogens is 1. The van der Waals surface area contributed by atoms with Crippen LogP contribution in [-0.4, -0.2) is 32.5 Å². The van der Waals surface area contributed by atoms with E-state index >= 15 is 0 Å². The molecule has 0 fully saturated rings. The number of phenolic OH excluding ortho intramolecular Hbond substituents is 2. The molecule has 0 aliphatic rings. The minimum atomic E-state index is -0.440. The molecule has 0 aliphatic carbocycles. The van der Waals surface area contributed by atoms with Crippen LogP contribution in [0.15, 0.2) is 53.6 Å². The number of hydrazone groups is 1. The summed E-state index contributed by atoms with van der Waals surface area (Å²) in [7, 11) is 0.